The van der Waals surface area contributed by atoms with Gasteiger partial charge in [0, 0.05) is 29.6 Å². The molecule has 3 fully saturated rings. The Morgan fingerprint density at radius 1 is 1.00 bits per heavy atom. The third kappa shape index (κ3) is 5.50. The van der Waals surface area contributed by atoms with Gasteiger partial charge in [0.2, 0.25) is 0 Å². The van der Waals surface area contributed by atoms with Crippen LogP contribution in [-0.4, -0.2) is 42.1 Å². The molecule has 1 aromatic carbocycles. The van der Waals surface area contributed by atoms with Crippen LogP contribution in [0.1, 0.15) is 95.5 Å². The highest BCUT2D eigenvalue weighted by Gasteiger charge is 2.31. The average Bonchev–Trinajstić information content (AvgIpc) is 3.60. The topological polar surface area (TPSA) is 122 Å². The van der Waals surface area contributed by atoms with E-state index in [1.807, 2.05) is 24.3 Å². The second-order valence-electron chi connectivity index (χ2n) is 10.1. The Morgan fingerprint density at radius 3 is 2.50 bits per heavy atom. The summed E-state index contributed by atoms with van der Waals surface area (Å²) in [4.78, 5) is 26.1. The summed E-state index contributed by atoms with van der Waals surface area (Å²) in [6.07, 6.45) is 7.82. The summed E-state index contributed by atoms with van der Waals surface area (Å²) in [6, 6.07) is 9.66. The van der Waals surface area contributed by atoms with Crippen molar-refractivity contribution in [1.82, 2.24) is 21.1 Å². The molecule has 2 aliphatic carbocycles. The lowest BCUT2D eigenvalue weighted by molar-refractivity contribution is 0.0904. The molecule has 0 spiro atoms. The second-order valence-corrected chi connectivity index (χ2v) is 10.1. The summed E-state index contributed by atoms with van der Waals surface area (Å²) >= 11 is 0. The second kappa shape index (κ2) is 10.3. The molecule has 0 bridgehead atoms. The predicted octanol–water partition coefficient (Wildman–Crippen LogP) is 3.02. The Balaban J connectivity index is 1.32. The Hall–Kier alpha value is -2.71. The van der Waals surface area contributed by atoms with Crippen LogP contribution in [0.25, 0.3) is 0 Å². The fourth-order valence-electron chi connectivity index (χ4n) is 5.23. The van der Waals surface area contributed by atoms with Gasteiger partial charge in [-0.05, 0) is 88.1 Å². The molecule has 8 nitrogen and oxygen atoms in total. The summed E-state index contributed by atoms with van der Waals surface area (Å²) in [7, 11) is 0. The number of nitrogens with one attached hydrogen (secondary N) is 3. The maximum atomic E-state index is 13.1. The van der Waals surface area contributed by atoms with Crippen LogP contribution >= 0.6 is 0 Å². The van der Waals surface area contributed by atoms with Crippen molar-refractivity contribution in [2.75, 3.05) is 13.1 Å². The van der Waals surface area contributed by atoms with Gasteiger partial charge in [0.1, 0.15) is 5.76 Å². The highest BCUT2D eigenvalue weighted by Crippen LogP contribution is 2.40. The largest absolute Gasteiger partial charge is 0.360 e. The molecule has 0 radical (unpaired) electrons. The first-order valence-corrected chi connectivity index (χ1v) is 12.7. The van der Waals surface area contributed by atoms with Gasteiger partial charge in [-0.25, -0.2) is 0 Å². The first-order valence-electron chi connectivity index (χ1n) is 12.7. The van der Waals surface area contributed by atoms with Crippen LogP contribution < -0.4 is 21.7 Å². The summed E-state index contributed by atoms with van der Waals surface area (Å²) in [5, 5.41) is 13.8. The molecule has 34 heavy (non-hydrogen) atoms. The summed E-state index contributed by atoms with van der Waals surface area (Å²) in [5.41, 5.74) is 7.90. The van der Waals surface area contributed by atoms with Gasteiger partial charge in [-0.1, -0.05) is 17.3 Å². The summed E-state index contributed by atoms with van der Waals surface area (Å²) < 4.78 is 5.39. The Bertz CT molecular complexity index is 1000. The predicted molar refractivity (Wildman–Crippen MR) is 128 cm³/mol. The maximum Gasteiger partial charge on any atom is 0.273 e. The standard InChI is InChI=1S/C26H35N5O3/c27-20-6-8-21(9-7-20)29-25(32)19-3-1-2-18(14-19)24(17-10-12-28-13-11-17)30-26(33)22-15-23(34-31-22)16-4-5-16/h1-3,14-17,20-21,24,28H,4-13,27H2,(H,29,32)(H,30,33). The number of amides is 2. The Labute approximate surface area is 200 Å². The fraction of sp³-hybridized carbons (Fsp3) is 0.577. The Morgan fingerprint density at radius 2 is 1.76 bits per heavy atom. The number of nitrogens with two attached hydrogens (primary N) is 1. The first-order chi connectivity index (χ1) is 16.6. The molecule has 182 valence electrons. The molecule has 1 aromatic heterocycles. The maximum absolute atomic E-state index is 13.1. The molecule has 8 heteroatoms. The minimum atomic E-state index is -0.229. The lowest BCUT2D eigenvalue weighted by Crippen LogP contribution is -2.41. The number of aromatic nitrogens is 1. The van der Waals surface area contributed by atoms with E-state index in [0.717, 1.165) is 75.8 Å². The minimum Gasteiger partial charge on any atom is -0.360 e. The molecule has 1 aliphatic heterocycles. The van der Waals surface area contributed by atoms with Gasteiger partial charge < -0.3 is 26.2 Å². The van der Waals surface area contributed by atoms with Crippen molar-refractivity contribution in [2.24, 2.45) is 11.7 Å². The number of piperidine rings is 1. The quantitative estimate of drug-likeness (QED) is 0.499. The number of benzene rings is 1. The van der Waals surface area contributed by atoms with E-state index < -0.39 is 0 Å². The van der Waals surface area contributed by atoms with Gasteiger partial charge in [-0.3, -0.25) is 9.59 Å². The van der Waals surface area contributed by atoms with Gasteiger partial charge in [-0.2, -0.15) is 0 Å². The van der Waals surface area contributed by atoms with Crippen LogP contribution in [0.2, 0.25) is 0 Å². The summed E-state index contributed by atoms with van der Waals surface area (Å²) in [6.45, 7) is 1.83. The molecule has 1 saturated heterocycles. The van der Waals surface area contributed by atoms with Crippen molar-refractivity contribution >= 4 is 11.8 Å². The molecule has 2 saturated carbocycles. The monoisotopic (exact) mass is 465 g/mol. The zero-order chi connectivity index (χ0) is 23.5. The number of nitrogens with zero attached hydrogens (tertiary/aromatic N) is 1. The first kappa shape index (κ1) is 23.1. The zero-order valence-corrected chi connectivity index (χ0v) is 19.6. The molecule has 1 atom stereocenters. The molecule has 2 aromatic rings. The van der Waals surface area contributed by atoms with Crippen molar-refractivity contribution in [1.29, 1.82) is 0 Å². The molecular weight excluding hydrogens is 430 g/mol. The molecule has 3 aliphatic rings. The van der Waals surface area contributed by atoms with E-state index >= 15 is 0 Å². The SMILES string of the molecule is NC1CCC(NC(=O)c2cccc(C(NC(=O)c3cc(C4CC4)on3)C3CCNCC3)c2)CC1. The number of hydrogen-bond acceptors (Lipinski definition) is 6. The van der Waals surface area contributed by atoms with Crippen molar-refractivity contribution in [2.45, 2.75) is 75.4 Å². The number of carbonyl (C=O) groups excluding carboxylic acids is 2. The van der Waals surface area contributed by atoms with Crippen molar-refractivity contribution < 1.29 is 14.1 Å². The normalized spacial score (nSPS) is 24.4. The van der Waals surface area contributed by atoms with Crippen molar-refractivity contribution in [3.8, 4) is 0 Å². The van der Waals surface area contributed by atoms with Gasteiger partial charge in [0.15, 0.2) is 5.69 Å². The van der Waals surface area contributed by atoms with Crippen molar-refractivity contribution in [3.05, 3.63) is 52.9 Å². The van der Waals surface area contributed by atoms with E-state index in [2.05, 4.69) is 21.1 Å². The van der Waals surface area contributed by atoms with Gasteiger partial charge in [-0.15, -0.1) is 0 Å². The van der Waals surface area contributed by atoms with E-state index in [4.69, 9.17) is 10.3 Å². The molecule has 2 heterocycles. The highest BCUT2D eigenvalue weighted by molar-refractivity contribution is 5.95. The molecule has 2 amide bonds. The Kier molecular flexibility index (Phi) is 6.97. The van der Waals surface area contributed by atoms with Gasteiger partial charge in [0.05, 0.1) is 6.04 Å². The smallest absolute Gasteiger partial charge is 0.273 e. The van der Waals surface area contributed by atoms with Crippen LogP contribution in [0.5, 0.6) is 0 Å². The van der Waals surface area contributed by atoms with E-state index in [1.165, 1.54) is 0 Å². The number of hydrogen-bond donors (Lipinski definition) is 4. The van der Waals surface area contributed by atoms with E-state index in [0.29, 0.717) is 17.2 Å². The van der Waals surface area contributed by atoms with Gasteiger partial charge >= 0.3 is 0 Å². The minimum absolute atomic E-state index is 0.0664. The van der Waals surface area contributed by atoms with Gasteiger partial charge in [0.25, 0.3) is 11.8 Å². The number of rotatable bonds is 7. The van der Waals surface area contributed by atoms with Crippen LogP contribution in [0.4, 0.5) is 0 Å². The lowest BCUT2D eigenvalue weighted by atomic mass is 9.85. The average molecular weight is 466 g/mol. The highest BCUT2D eigenvalue weighted by atomic mass is 16.5. The lowest BCUT2D eigenvalue weighted by Gasteiger charge is -2.32. The summed E-state index contributed by atoms with van der Waals surface area (Å²) in [5.74, 6) is 1.18. The molecule has 5 rings (SSSR count). The third-order valence-electron chi connectivity index (χ3n) is 7.50. The van der Waals surface area contributed by atoms with E-state index in [1.54, 1.807) is 6.07 Å². The van der Waals surface area contributed by atoms with E-state index in [-0.39, 0.29) is 35.9 Å². The molecule has 1 unspecified atom stereocenters. The molecule has 5 N–H and O–H groups in total. The van der Waals surface area contributed by atoms with E-state index in [9.17, 15) is 9.59 Å². The van der Waals surface area contributed by atoms with Crippen LogP contribution in [-0.2, 0) is 0 Å². The van der Waals surface area contributed by atoms with Crippen molar-refractivity contribution in [3.63, 3.8) is 0 Å². The fourth-order valence-corrected chi connectivity index (χ4v) is 5.23. The number of carbonyl (C=O) groups is 2. The molecular formula is C26H35N5O3. The van der Waals surface area contributed by atoms with Crippen LogP contribution in [0, 0.1) is 5.92 Å². The van der Waals surface area contributed by atoms with Crippen LogP contribution in [0.15, 0.2) is 34.9 Å². The third-order valence-corrected chi connectivity index (χ3v) is 7.50. The zero-order valence-electron chi connectivity index (χ0n) is 19.6. The van der Waals surface area contributed by atoms with Crippen LogP contribution in [0.3, 0.4) is 0 Å².